The van der Waals surface area contributed by atoms with Gasteiger partial charge in [0.15, 0.2) is 0 Å². The number of carboxylic acid groups (broad SMARTS) is 1. The molecular formula is C13H24O4. The van der Waals surface area contributed by atoms with Gasteiger partial charge < -0.3 is 9.84 Å². The summed E-state index contributed by atoms with van der Waals surface area (Å²) >= 11 is 0. The Labute approximate surface area is 103 Å². The molecule has 0 aromatic heterocycles. The van der Waals surface area contributed by atoms with Gasteiger partial charge in [0, 0.05) is 12.8 Å². The highest BCUT2D eigenvalue weighted by Crippen LogP contribution is 2.08. The molecule has 0 spiro atoms. The average molecular weight is 244 g/mol. The number of unbranched alkanes of at least 4 members (excludes halogenated alkanes) is 3. The van der Waals surface area contributed by atoms with E-state index in [0.717, 1.165) is 32.1 Å². The highest BCUT2D eigenvalue weighted by atomic mass is 16.5. The molecule has 0 aromatic carbocycles. The fourth-order valence-electron chi connectivity index (χ4n) is 1.65. The summed E-state index contributed by atoms with van der Waals surface area (Å²) in [5.74, 6) is -0.887. The maximum Gasteiger partial charge on any atom is 0.306 e. The van der Waals surface area contributed by atoms with Crippen LogP contribution in [0.3, 0.4) is 0 Å². The van der Waals surface area contributed by atoms with E-state index in [2.05, 4.69) is 6.92 Å². The summed E-state index contributed by atoms with van der Waals surface area (Å²) in [4.78, 5) is 21.6. The second-order valence-electron chi connectivity index (χ2n) is 4.40. The topological polar surface area (TPSA) is 63.6 Å². The Kier molecular flexibility index (Phi) is 9.49. The maximum absolute atomic E-state index is 11.4. The molecule has 0 aliphatic heterocycles. The van der Waals surface area contributed by atoms with Gasteiger partial charge in [0.2, 0.25) is 0 Å². The van der Waals surface area contributed by atoms with Crippen molar-refractivity contribution in [3.8, 4) is 0 Å². The van der Waals surface area contributed by atoms with Gasteiger partial charge in [0.25, 0.3) is 0 Å². The van der Waals surface area contributed by atoms with Crippen molar-refractivity contribution < 1.29 is 19.4 Å². The number of esters is 1. The van der Waals surface area contributed by atoms with Gasteiger partial charge >= 0.3 is 11.9 Å². The Bertz CT molecular complexity index is 225. The third-order valence-electron chi connectivity index (χ3n) is 2.55. The van der Waals surface area contributed by atoms with E-state index in [1.165, 1.54) is 0 Å². The van der Waals surface area contributed by atoms with E-state index in [0.29, 0.717) is 12.8 Å². The Morgan fingerprint density at radius 2 is 1.71 bits per heavy atom. The number of carbonyl (C=O) groups is 2. The fourth-order valence-corrected chi connectivity index (χ4v) is 1.65. The molecule has 0 fully saturated rings. The van der Waals surface area contributed by atoms with E-state index in [4.69, 9.17) is 9.84 Å². The summed E-state index contributed by atoms with van der Waals surface area (Å²) in [5.41, 5.74) is 0. The lowest BCUT2D eigenvalue weighted by Crippen LogP contribution is -2.14. The van der Waals surface area contributed by atoms with Crippen molar-refractivity contribution in [1.82, 2.24) is 0 Å². The maximum atomic E-state index is 11.4. The van der Waals surface area contributed by atoms with E-state index in [-0.39, 0.29) is 18.5 Å². The van der Waals surface area contributed by atoms with Gasteiger partial charge in [0.1, 0.15) is 0 Å². The van der Waals surface area contributed by atoms with Crippen LogP contribution in [0.4, 0.5) is 0 Å². The van der Waals surface area contributed by atoms with Crippen LogP contribution >= 0.6 is 0 Å². The molecule has 0 aliphatic rings. The normalized spacial score (nSPS) is 12.1. The van der Waals surface area contributed by atoms with Gasteiger partial charge in [0.05, 0.1) is 6.10 Å². The molecule has 1 unspecified atom stereocenters. The van der Waals surface area contributed by atoms with E-state index < -0.39 is 5.97 Å². The Morgan fingerprint density at radius 3 is 2.24 bits per heavy atom. The molecule has 0 aromatic rings. The predicted octanol–water partition coefficient (Wildman–Crippen LogP) is 3.14. The van der Waals surface area contributed by atoms with Gasteiger partial charge in [-0.2, -0.15) is 0 Å². The van der Waals surface area contributed by atoms with Crippen LogP contribution in [-0.4, -0.2) is 23.1 Å². The van der Waals surface area contributed by atoms with Crippen LogP contribution in [0, 0.1) is 0 Å². The molecule has 0 saturated heterocycles. The first-order chi connectivity index (χ1) is 8.06. The van der Waals surface area contributed by atoms with Gasteiger partial charge in [-0.1, -0.05) is 26.2 Å². The molecule has 100 valence electrons. The molecule has 4 heteroatoms. The zero-order valence-electron chi connectivity index (χ0n) is 10.9. The minimum atomic E-state index is -0.752. The Morgan fingerprint density at radius 1 is 1.12 bits per heavy atom. The van der Waals surface area contributed by atoms with Crippen molar-refractivity contribution in [2.45, 2.75) is 71.3 Å². The summed E-state index contributed by atoms with van der Waals surface area (Å²) < 4.78 is 5.20. The van der Waals surface area contributed by atoms with Crippen LogP contribution in [-0.2, 0) is 14.3 Å². The zero-order chi connectivity index (χ0) is 13.1. The number of ether oxygens (including phenoxy) is 1. The van der Waals surface area contributed by atoms with Gasteiger partial charge in [-0.15, -0.1) is 0 Å². The van der Waals surface area contributed by atoms with Crippen molar-refractivity contribution in [3.63, 3.8) is 0 Å². The average Bonchev–Trinajstić information content (AvgIpc) is 2.23. The lowest BCUT2D eigenvalue weighted by atomic mass is 10.1. The minimum Gasteiger partial charge on any atom is -0.481 e. The molecule has 1 atom stereocenters. The number of aliphatic carboxylic acids is 1. The molecule has 0 heterocycles. The first-order valence-corrected chi connectivity index (χ1v) is 6.47. The number of rotatable bonds is 10. The van der Waals surface area contributed by atoms with Crippen LogP contribution in [0.15, 0.2) is 0 Å². The quantitative estimate of drug-likeness (QED) is 0.473. The van der Waals surface area contributed by atoms with Crippen LogP contribution < -0.4 is 0 Å². The van der Waals surface area contributed by atoms with Crippen molar-refractivity contribution in [2.75, 3.05) is 0 Å². The molecule has 0 saturated carbocycles. The van der Waals surface area contributed by atoms with Gasteiger partial charge in [-0.05, 0) is 26.2 Å². The van der Waals surface area contributed by atoms with E-state index >= 15 is 0 Å². The Balaban J connectivity index is 3.36. The number of hydrogen-bond donors (Lipinski definition) is 1. The third kappa shape index (κ3) is 11.2. The summed E-state index contributed by atoms with van der Waals surface area (Å²) in [6.45, 7) is 3.97. The van der Waals surface area contributed by atoms with Crippen LogP contribution in [0.2, 0.25) is 0 Å². The second kappa shape index (κ2) is 10.1. The smallest absolute Gasteiger partial charge is 0.306 e. The SMILES string of the molecule is CCCC(C)OC(=O)CCCCCCC(=O)O. The third-order valence-corrected chi connectivity index (χ3v) is 2.55. The van der Waals surface area contributed by atoms with Crippen LogP contribution in [0.1, 0.15) is 65.2 Å². The molecule has 1 N–H and O–H groups in total. The van der Waals surface area contributed by atoms with Crippen LogP contribution in [0.25, 0.3) is 0 Å². The summed E-state index contributed by atoms with van der Waals surface area (Å²) in [6.07, 6.45) is 5.84. The minimum absolute atomic E-state index is 0.0134. The van der Waals surface area contributed by atoms with Gasteiger partial charge in [-0.3, -0.25) is 9.59 Å². The lowest BCUT2D eigenvalue weighted by molar-refractivity contribution is -0.148. The summed E-state index contributed by atoms with van der Waals surface area (Å²) in [7, 11) is 0. The molecule has 0 radical (unpaired) electrons. The molecule has 0 rings (SSSR count). The molecule has 0 bridgehead atoms. The van der Waals surface area contributed by atoms with Crippen LogP contribution in [0.5, 0.6) is 0 Å². The molecule has 17 heavy (non-hydrogen) atoms. The largest absolute Gasteiger partial charge is 0.481 e. The molecule has 0 amide bonds. The van der Waals surface area contributed by atoms with Gasteiger partial charge in [-0.25, -0.2) is 0 Å². The highest BCUT2D eigenvalue weighted by Gasteiger charge is 2.08. The van der Waals surface area contributed by atoms with Crippen molar-refractivity contribution in [2.24, 2.45) is 0 Å². The summed E-state index contributed by atoms with van der Waals surface area (Å²) in [5, 5.41) is 8.43. The molecule has 0 aliphatic carbocycles. The number of hydrogen-bond acceptors (Lipinski definition) is 3. The molecular weight excluding hydrogens is 220 g/mol. The standard InChI is InChI=1S/C13H24O4/c1-3-8-11(2)17-13(16)10-7-5-4-6-9-12(14)15/h11H,3-10H2,1-2H3,(H,14,15). The number of carboxylic acids is 1. The monoisotopic (exact) mass is 244 g/mol. The van der Waals surface area contributed by atoms with E-state index in [1.807, 2.05) is 6.92 Å². The Hall–Kier alpha value is -1.06. The lowest BCUT2D eigenvalue weighted by Gasteiger charge is -2.11. The highest BCUT2D eigenvalue weighted by molar-refractivity contribution is 5.69. The first-order valence-electron chi connectivity index (χ1n) is 6.47. The predicted molar refractivity (Wildman–Crippen MR) is 65.8 cm³/mol. The fraction of sp³-hybridized carbons (Fsp3) is 0.846. The second-order valence-corrected chi connectivity index (χ2v) is 4.40. The first kappa shape index (κ1) is 15.9. The summed E-state index contributed by atoms with van der Waals surface area (Å²) in [6, 6.07) is 0. The van der Waals surface area contributed by atoms with E-state index in [1.54, 1.807) is 0 Å². The molecule has 4 nitrogen and oxygen atoms in total. The zero-order valence-corrected chi connectivity index (χ0v) is 10.9. The van der Waals surface area contributed by atoms with Crippen molar-refractivity contribution >= 4 is 11.9 Å². The van der Waals surface area contributed by atoms with Crippen molar-refractivity contribution in [3.05, 3.63) is 0 Å². The number of carbonyl (C=O) groups excluding carboxylic acids is 1. The van der Waals surface area contributed by atoms with Crippen molar-refractivity contribution in [1.29, 1.82) is 0 Å². The van der Waals surface area contributed by atoms with E-state index in [9.17, 15) is 9.59 Å².